The van der Waals surface area contributed by atoms with Crippen LogP contribution in [0.2, 0.25) is 0 Å². The summed E-state index contributed by atoms with van der Waals surface area (Å²) in [6.07, 6.45) is 2.91. The molecule has 1 fully saturated rings. The van der Waals surface area contributed by atoms with Gasteiger partial charge in [-0.15, -0.1) is 0 Å². The average molecular weight is 311 g/mol. The van der Waals surface area contributed by atoms with E-state index >= 15 is 0 Å². The molecule has 1 heterocycles. The molecular formula is C15H21NO4S. The molecule has 21 heavy (non-hydrogen) atoms. The molecule has 1 atom stereocenters. The summed E-state index contributed by atoms with van der Waals surface area (Å²) in [7, 11) is -1.93. The highest BCUT2D eigenvalue weighted by atomic mass is 32.2. The third-order valence-corrected chi connectivity index (χ3v) is 5.49. The number of rotatable bonds is 4. The third kappa shape index (κ3) is 3.83. The highest BCUT2D eigenvalue weighted by molar-refractivity contribution is 7.90. The zero-order valence-electron chi connectivity index (χ0n) is 12.3. The second-order valence-corrected chi connectivity index (χ2v) is 7.62. The molecule has 0 bridgehead atoms. The molecule has 1 aromatic carbocycles. The number of benzene rings is 1. The quantitative estimate of drug-likeness (QED) is 0.854. The predicted octanol–water partition coefficient (Wildman–Crippen LogP) is 1.56. The largest absolute Gasteiger partial charge is 0.465 e. The topological polar surface area (TPSA) is 72.5 Å². The standard InChI is InChI=1S/C15H21NO4S/c1-20-15(17)13-5-3-4-12(10-13)14(21(2,18)19)11-6-8-16-9-7-11/h3-5,10-11,14,16H,6-9H2,1-2H3. The summed E-state index contributed by atoms with van der Waals surface area (Å²) >= 11 is 0. The Kier molecular flexibility index (Phi) is 5.00. The van der Waals surface area contributed by atoms with Crippen LogP contribution in [0.5, 0.6) is 0 Å². The molecule has 0 saturated carbocycles. The van der Waals surface area contributed by atoms with Crippen LogP contribution in [0.25, 0.3) is 0 Å². The van der Waals surface area contributed by atoms with E-state index in [2.05, 4.69) is 5.32 Å². The van der Waals surface area contributed by atoms with E-state index in [4.69, 9.17) is 4.74 Å². The molecule has 5 nitrogen and oxygen atoms in total. The summed E-state index contributed by atoms with van der Waals surface area (Å²) < 4.78 is 29.2. The number of ether oxygens (including phenoxy) is 1. The van der Waals surface area contributed by atoms with Gasteiger partial charge in [0.25, 0.3) is 0 Å². The Bertz CT molecular complexity index is 606. The highest BCUT2D eigenvalue weighted by Crippen LogP contribution is 2.35. The van der Waals surface area contributed by atoms with Gasteiger partial charge in [-0.3, -0.25) is 0 Å². The first-order chi connectivity index (χ1) is 9.93. The lowest BCUT2D eigenvalue weighted by molar-refractivity contribution is 0.0600. The minimum atomic E-state index is -3.25. The lowest BCUT2D eigenvalue weighted by Crippen LogP contribution is -2.33. The lowest BCUT2D eigenvalue weighted by Gasteiger charge is -2.30. The van der Waals surface area contributed by atoms with Gasteiger partial charge < -0.3 is 10.1 Å². The summed E-state index contributed by atoms with van der Waals surface area (Å²) in [4.78, 5) is 11.6. The van der Waals surface area contributed by atoms with Crippen LogP contribution >= 0.6 is 0 Å². The molecule has 1 aliphatic rings. The number of methoxy groups -OCH3 is 1. The summed E-state index contributed by atoms with van der Waals surface area (Å²) in [6.45, 7) is 1.65. The average Bonchev–Trinajstić information content (AvgIpc) is 2.46. The van der Waals surface area contributed by atoms with Gasteiger partial charge in [-0.1, -0.05) is 12.1 Å². The maximum atomic E-state index is 12.2. The van der Waals surface area contributed by atoms with Gasteiger partial charge in [0.1, 0.15) is 0 Å². The molecule has 1 aromatic rings. The van der Waals surface area contributed by atoms with Crippen molar-refractivity contribution >= 4 is 15.8 Å². The monoisotopic (exact) mass is 311 g/mol. The molecule has 2 rings (SSSR count). The van der Waals surface area contributed by atoms with Crippen molar-refractivity contribution < 1.29 is 17.9 Å². The van der Waals surface area contributed by atoms with Crippen LogP contribution in [0.15, 0.2) is 24.3 Å². The summed E-state index contributed by atoms with van der Waals surface area (Å²) in [5.41, 5.74) is 1.06. The molecule has 0 amide bonds. The Morgan fingerprint density at radius 2 is 2.00 bits per heavy atom. The van der Waals surface area contributed by atoms with Crippen LogP contribution in [0.3, 0.4) is 0 Å². The van der Waals surface area contributed by atoms with Crippen molar-refractivity contribution in [2.24, 2.45) is 5.92 Å². The fourth-order valence-corrected chi connectivity index (χ4v) is 4.59. The van der Waals surface area contributed by atoms with Gasteiger partial charge in [-0.2, -0.15) is 0 Å². The molecule has 6 heteroatoms. The second-order valence-electron chi connectivity index (χ2n) is 5.45. The zero-order chi connectivity index (χ0) is 15.5. The van der Waals surface area contributed by atoms with Crippen molar-refractivity contribution in [3.63, 3.8) is 0 Å². The first kappa shape index (κ1) is 16.0. The molecular weight excluding hydrogens is 290 g/mol. The van der Waals surface area contributed by atoms with E-state index in [-0.39, 0.29) is 5.92 Å². The lowest BCUT2D eigenvalue weighted by atomic mass is 9.90. The van der Waals surface area contributed by atoms with Crippen molar-refractivity contribution in [1.29, 1.82) is 0 Å². The Hall–Kier alpha value is -1.40. The number of hydrogen-bond acceptors (Lipinski definition) is 5. The second kappa shape index (κ2) is 6.58. The number of piperidine rings is 1. The minimum Gasteiger partial charge on any atom is -0.465 e. The van der Waals surface area contributed by atoms with Gasteiger partial charge in [0.05, 0.1) is 17.9 Å². The summed E-state index contributed by atoms with van der Waals surface area (Å²) in [5, 5.41) is 2.68. The van der Waals surface area contributed by atoms with Crippen molar-refractivity contribution in [3.8, 4) is 0 Å². The molecule has 0 radical (unpaired) electrons. The van der Waals surface area contributed by atoms with Gasteiger partial charge >= 0.3 is 5.97 Å². The van der Waals surface area contributed by atoms with Gasteiger partial charge in [-0.25, -0.2) is 13.2 Å². The molecule has 1 saturated heterocycles. The van der Waals surface area contributed by atoms with Crippen LogP contribution in [-0.4, -0.2) is 40.8 Å². The molecule has 1 unspecified atom stereocenters. The number of nitrogens with one attached hydrogen (secondary N) is 1. The van der Waals surface area contributed by atoms with Crippen molar-refractivity contribution in [1.82, 2.24) is 5.32 Å². The van der Waals surface area contributed by atoms with Crippen LogP contribution < -0.4 is 5.32 Å². The summed E-state index contributed by atoms with van der Waals surface area (Å²) in [6, 6.07) is 6.76. The number of esters is 1. The van der Waals surface area contributed by atoms with E-state index in [0.29, 0.717) is 11.1 Å². The SMILES string of the molecule is COC(=O)c1cccc(C(C2CCNCC2)S(C)(=O)=O)c1. The molecule has 0 aromatic heterocycles. The molecule has 1 N–H and O–H groups in total. The maximum Gasteiger partial charge on any atom is 0.337 e. The Balaban J connectivity index is 2.39. The molecule has 116 valence electrons. The highest BCUT2D eigenvalue weighted by Gasteiger charge is 2.33. The van der Waals surface area contributed by atoms with Crippen LogP contribution in [0, 0.1) is 5.92 Å². The fourth-order valence-electron chi connectivity index (χ4n) is 2.98. The normalized spacial score (nSPS) is 18.2. The van der Waals surface area contributed by atoms with Crippen LogP contribution in [0.4, 0.5) is 0 Å². The Morgan fingerprint density at radius 3 is 2.57 bits per heavy atom. The first-order valence-corrected chi connectivity index (χ1v) is 8.97. The van der Waals surface area contributed by atoms with E-state index in [1.807, 2.05) is 0 Å². The minimum absolute atomic E-state index is 0.0779. The van der Waals surface area contributed by atoms with Gasteiger partial charge in [0.15, 0.2) is 9.84 Å². The first-order valence-electron chi connectivity index (χ1n) is 7.01. The zero-order valence-corrected chi connectivity index (χ0v) is 13.2. The van der Waals surface area contributed by atoms with Crippen LogP contribution in [-0.2, 0) is 14.6 Å². The van der Waals surface area contributed by atoms with Gasteiger partial charge in [0.2, 0.25) is 0 Å². The smallest absolute Gasteiger partial charge is 0.337 e. The fraction of sp³-hybridized carbons (Fsp3) is 0.533. The summed E-state index contributed by atoms with van der Waals surface area (Å²) in [5.74, 6) is -0.372. The number of hydrogen-bond donors (Lipinski definition) is 1. The van der Waals surface area contributed by atoms with Crippen LogP contribution in [0.1, 0.15) is 34.0 Å². The van der Waals surface area contributed by atoms with E-state index in [0.717, 1.165) is 25.9 Å². The number of carbonyl (C=O) groups excluding carboxylic acids is 1. The van der Waals surface area contributed by atoms with E-state index < -0.39 is 21.1 Å². The molecule has 1 aliphatic heterocycles. The van der Waals surface area contributed by atoms with Gasteiger partial charge in [0, 0.05) is 6.26 Å². The van der Waals surface area contributed by atoms with Crippen molar-refractivity contribution in [3.05, 3.63) is 35.4 Å². The van der Waals surface area contributed by atoms with Gasteiger partial charge in [-0.05, 0) is 49.5 Å². The van der Waals surface area contributed by atoms with E-state index in [1.165, 1.54) is 13.4 Å². The predicted molar refractivity (Wildman–Crippen MR) is 81.0 cm³/mol. The maximum absolute atomic E-state index is 12.2. The Morgan fingerprint density at radius 1 is 1.33 bits per heavy atom. The Labute approximate surface area is 125 Å². The van der Waals surface area contributed by atoms with Crippen molar-refractivity contribution in [2.75, 3.05) is 26.5 Å². The van der Waals surface area contributed by atoms with E-state index in [1.54, 1.807) is 24.3 Å². The molecule has 0 spiro atoms. The van der Waals surface area contributed by atoms with E-state index in [9.17, 15) is 13.2 Å². The number of sulfone groups is 1. The third-order valence-electron chi connectivity index (χ3n) is 3.91. The number of carbonyl (C=O) groups is 1. The van der Waals surface area contributed by atoms with Crippen molar-refractivity contribution in [2.45, 2.75) is 18.1 Å². The molecule has 0 aliphatic carbocycles.